The van der Waals surface area contributed by atoms with Crippen LogP contribution in [0.15, 0.2) is 59.5 Å². The lowest BCUT2D eigenvalue weighted by molar-refractivity contribution is -0.126. The average molecular weight is 493 g/mol. The summed E-state index contributed by atoms with van der Waals surface area (Å²) in [5, 5.41) is 8.51. The van der Waals surface area contributed by atoms with Gasteiger partial charge in [-0.15, -0.1) is 12.4 Å². The Kier molecular flexibility index (Phi) is 9.15. The highest BCUT2D eigenvalue weighted by molar-refractivity contribution is 7.90. The van der Waals surface area contributed by atoms with Gasteiger partial charge in [0.05, 0.1) is 16.3 Å². The smallest absolute Gasteiger partial charge is 0.267 e. The number of rotatable bonds is 6. The van der Waals surface area contributed by atoms with E-state index >= 15 is 0 Å². The molecule has 1 saturated heterocycles. The minimum atomic E-state index is -3.23. The van der Waals surface area contributed by atoms with Crippen molar-refractivity contribution in [2.75, 3.05) is 37.3 Å². The molecule has 1 aromatic carbocycles. The first-order valence-corrected chi connectivity index (χ1v) is 11.8. The highest BCUT2D eigenvalue weighted by Crippen LogP contribution is 2.19. The largest absolute Gasteiger partial charge is 0.368 e. The van der Waals surface area contributed by atoms with Crippen molar-refractivity contribution in [3.63, 3.8) is 0 Å². The number of aromatic nitrogens is 1. The van der Waals surface area contributed by atoms with E-state index in [1.165, 1.54) is 23.9 Å². The number of carbonyl (C=O) groups excluding carboxylic acids is 2. The number of anilines is 1. The van der Waals surface area contributed by atoms with Crippen LogP contribution in [0.1, 0.15) is 11.4 Å². The van der Waals surface area contributed by atoms with Crippen molar-refractivity contribution < 1.29 is 23.2 Å². The van der Waals surface area contributed by atoms with Gasteiger partial charge in [0.1, 0.15) is 0 Å². The van der Waals surface area contributed by atoms with Crippen molar-refractivity contribution in [2.45, 2.75) is 4.90 Å². The minimum Gasteiger partial charge on any atom is -0.368 e. The molecule has 0 bridgehead atoms. The van der Waals surface area contributed by atoms with Gasteiger partial charge in [-0.1, -0.05) is 6.07 Å². The van der Waals surface area contributed by atoms with E-state index in [4.69, 9.17) is 5.21 Å². The molecule has 33 heavy (non-hydrogen) atoms. The quantitative estimate of drug-likeness (QED) is 0.358. The number of hydrogen-bond donors (Lipinski definition) is 2. The Hall–Kier alpha value is -3.21. The molecule has 0 unspecified atom stereocenters. The summed E-state index contributed by atoms with van der Waals surface area (Å²) in [6, 6.07) is 11.9. The fourth-order valence-corrected chi connectivity index (χ4v) is 3.83. The monoisotopic (exact) mass is 492 g/mol. The summed E-state index contributed by atoms with van der Waals surface area (Å²) < 4.78 is 23.2. The molecule has 1 aliphatic heterocycles. The van der Waals surface area contributed by atoms with Crippen molar-refractivity contribution in [3.05, 3.63) is 66.0 Å². The maximum Gasteiger partial charge on any atom is 0.267 e. The van der Waals surface area contributed by atoms with Gasteiger partial charge in [0.25, 0.3) is 5.91 Å². The Bertz CT molecular complexity index is 1140. The van der Waals surface area contributed by atoms with Crippen LogP contribution >= 0.6 is 12.4 Å². The number of carbonyl (C=O) groups is 2. The van der Waals surface area contributed by atoms with Crippen LogP contribution in [-0.2, 0) is 19.4 Å². The van der Waals surface area contributed by atoms with Crippen LogP contribution < -0.4 is 10.4 Å². The fourth-order valence-electron chi connectivity index (χ4n) is 3.20. The van der Waals surface area contributed by atoms with Gasteiger partial charge in [0, 0.05) is 50.3 Å². The zero-order valence-electron chi connectivity index (χ0n) is 17.9. The molecule has 176 valence electrons. The zero-order valence-corrected chi connectivity index (χ0v) is 19.6. The number of hydrogen-bond acceptors (Lipinski definition) is 7. The molecule has 0 spiro atoms. The molecule has 2 heterocycles. The van der Waals surface area contributed by atoms with Crippen molar-refractivity contribution >= 4 is 51.9 Å². The number of halogens is 1. The molecule has 2 amide bonds. The van der Waals surface area contributed by atoms with Crippen LogP contribution in [-0.4, -0.2) is 67.8 Å². The number of amides is 2. The van der Waals surface area contributed by atoms with Crippen LogP contribution in [0.5, 0.6) is 0 Å². The first-order valence-electron chi connectivity index (χ1n) is 9.87. The lowest BCUT2D eigenvalue weighted by atomic mass is 10.2. The molecule has 0 saturated carbocycles. The summed E-state index contributed by atoms with van der Waals surface area (Å²) in [5.41, 5.74) is 3.50. The Balaban J connectivity index is 0.00000385. The molecule has 2 N–H and O–H groups in total. The van der Waals surface area contributed by atoms with Crippen molar-refractivity contribution in [1.82, 2.24) is 15.4 Å². The third-order valence-electron chi connectivity index (χ3n) is 4.93. The van der Waals surface area contributed by atoms with Gasteiger partial charge in [-0.25, -0.2) is 18.9 Å². The number of benzene rings is 1. The topological polar surface area (TPSA) is 120 Å². The second kappa shape index (κ2) is 11.6. The van der Waals surface area contributed by atoms with Crippen LogP contribution in [0.3, 0.4) is 0 Å². The molecule has 1 fully saturated rings. The number of sulfone groups is 1. The second-order valence-electron chi connectivity index (χ2n) is 7.21. The van der Waals surface area contributed by atoms with E-state index < -0.39 is 15.7 Å². The summed E-state index contributed by atoms with van der Waals surface area (Å²) in [4.78, 5) is 32.1. The molecule has 0 atom stereocenters. The molecule has 9 nitrogen and oxygen atoms in total. The van der Waals surface area contributed by atoms with Crippen molar-refractivity contribution in [1.29, 1.82) is 0 Å². The fraction of sp³-hybridized carbons (Fsp3) is 0.227. The first kappa shape index (κ1) is 26.0. The Morgan fingerprint density at radius 2 is 1.55 bits per heavy atom. The number of piperazine rings is 1. The zero-order chi connectivity index (χ0) is 23.1. The van der Waals surface area contributed by atoms with E-state index in [-0.39, 0.29) is 23.2 Å². The van der Waals surface area contributed by atoms with Gasteiger partial charge in [-0.05, 0) is 48.6 Å². The van der Waals surface area contributed by atoms with E-state index in [1.807, 2.05) is 0 Å². The maximum atomic E-state index is 12.5. The summed E-state index contributed by atoms with van der Waals surface area (Å²) in [7, 11) is -3.23. The summed E-state index contributed by atoms with van der Waals surface area (Å²) in [5.74, 6) is -0.784. The highest BCUT2D eigenvalue weighted by atomic mass is 35.5. The molecule has 0 aliphatic carbocycles. The van der Waals surface area contributed by atoms with Gasteiger partial charge < -0.3 is 9.80 Å². The summed E-state index contributed by atoms with van der Waals surface area (Å²) in [6.07, 6.45) is 6.86. The van der Waals surface area contributed by atoms with E-state index in [0.29, 0.717) is 37.6 Å². The van der Waals surface area contributed by atoms with E-state index in [0.717, 1.165) is 11.8 Å². The number of nitrogens with zero attached hydrogens (tertiary/aromatic N) is 3. The predicted molar refractivity (Wildman–Crippen MR) is 128 cm³/mol. The molecule has 1 aromatic heterocycles. The SMILES string of the molecule is CS(=O)(=O)c1ccc(N2CCN(C(=O)C=Cc3cccc(C=CC(=O)NO)n3)CC2)cc1.Cl. The molecule has 0 radical (unpaired) electrons. The lowest BCUT2D eigenvalue weighted by Crippen LogP contribution is -2.48. The van der Waals surface area contributed by atoms with Gasteiger partial charge >= 0.3 is 0 Å². The third kappa shape index (κ3) is 7.41. The van der Waals surface area contributed by atoms with E-state index in [9.17, 15) is 18.0 Å². The Labute approximate surface area is 198 Å². The van der Waals surface area contributed by atoms with Crippen LogP contribution in [0.4, 0.5) is 5.69 Å². The summed E-state index contributed by atoms with van der Waals surface area (Å²) in [6.45, 7) is 2.37. The number of pyridine rings is 1. The molecular weight excluding hydrogens is 468 g/mol. The molecule has 11 heteroatoms. The predicted octanol–water partition coefficient (Wildman–Crippen LogP) is 1.79. The molecule has 1 aliphatic rings. The standard InChI is InChI=1S/C22H24N4O5S.ClH/c1-32(30,31)20-9-7-19(8-10-20)25-13-15-26(16-14-25)22(28)12-6-18-4-2-3-17(23-18)5-11-21(27)24-29;/h2-12,29H,13-16H2,1H3,(H,24,27);1H. The molecular formula is C22H25ClN4O5S. The van der Waals surface area contributed by atoms with Crippen LogP contribution in [0.2, 0.25) is 0 Å². The molecule has 3 rings (SSSR count). The minimum absolute atomic E-state index is 0. The van der Waals surface area contributed by atoms with Crippen molar-refractivity contribution in [2.24, 2.45) is 0 Å². The molecule has 2 aromatic rings. The van der Waals surface area contributed by atoms with Crippen LogP contribution in [0, 0.1) is 0 Å². The normalized spacial score (nSPS) is 14.4. The van der Waals surface area contributed by atoms with E-state index in [1.54, 1.807) is 53.4 Å². The lowest BCUT2D eigenvalue weighted by Gasteiger charge is -2.35. The Morgan fingerprint density at radius 1 is 0.970 bits per heavy atom. The van der Waals surface area contributed by atoms with Gasteiger partial charge in [-0.2, -0.15) is 0 Å². The summed E-state index contributed by atoms with van der Waals surface area (Å²) >= 11 is 0. The Morgan fingerprint density at radius 3 is 2.09 bits per heavy atom. The number of nitrogens with one attached hydrogen (secondary N) is 1. The van der Waals surface area contributed by atoms with Gasteiger partial charge in [0.15, 0.2) is 9.84 Å². The second-order valence-corrected chi connectivity index (χ2v) is 9.22. The first-order chi connectivity index (χ1) is 15.3. The van der Waals surface area contributed by atoms with Gasteiger partial charge in [0.2, 0.25) is 5.91 Å². The average Bonchev–Trinajstić information content (AvgIpc) is 2.81. The number of hydroxylamine groups is 1. The van der Waals surface area contributed by atoms with Gasteiger partial charge in [-0.3, -0.25) is 14.8 Å². The maximum absolute atomic E-state index is 12.5. The highest BCUT2D eigenvalue weighted by Gasteiger charge is 2.20. The van der Waals surface area contributed by atoms with E-state index in [2.05, 4.69) is 9.88 Å². The third-order valence-corrected chi connectivity index (χ3v) is 6.05. The van der Waals surface area contributed by atoms with Crippen molar-refractivity contribution in [3.8, 4) is 0 Å². The van der Waals surface area contributed by atoms with Crippen LogP contribution in [0.25, 0.3) is 12.2 Å².